The monoisotopic (exact) mass is 400 g/mol. The molecule has 0 rings (SSSR count). The molecule has 0 aromatic heterocycles. The van der Waals surface area contributed by atoms with Gasteiger partial charge in [0.1, 0.15) is 13.2 Å². The van der Waals surface area contributed by atoms with E-state index in [0.717, 1.165) is 0 Å². The van der Waals surface area contributed by atoms with Gasteiger partial charge in [-0.2, -0.15) is 0 Å². The fraction of sp³-hybridized carbons (Fsp3) is 0.900. The quantitative estimate of drug-likeness (QED) is 0.561. The van der Waals surface area contributed by atoms with E-state index in [9.17, 15) is 9.59 Å². The Morgan fingerprint density at radius 3 is 1.08 bits per heavy atom. The zero-order chi connectivity index (χ0) is 19.6. The second-order valence-corrected chi connectivity index (χ2v) is 9.16. The molecule has 0 bridgehead atoms. The van der Waals surface area contributed by atoms with Gasteiger partial charge in [0.15, 0.2) is 11.6 Å². The molecule has 152 valence electrons. The zero-order valence-electron chi connectivity index (χ0n) is 18.0. The van der Waals surface area contributed by atoms with E-state index < -0.39 is 0 Å². The molecule has 0 aliphatic heterocycles. The fourth-order valence-corrected chi connectivity index (χ4v) is 1.21. The van der Waals surface area contributed by atoms with E-state index >= 15 is 0 Å². The van der Waals surface area contributed by atoms with Gasteiger partial charge in [0, 0.05) is 41.1 Å². The fourth-order valence-electron chi connectivity index (χ4n) is 1.21. The first-order valence-electron chi connectivity index (χ1n) is 8.90. The minimum absolute atomic E-state index is 0. The van der Waals surface area contributed by atoms with Gasteiger partial charge in [-0.25, -0.2) is 0 Å². The third-order valence-electron chi connectivity index (χ3n) is 3.04. The Labute approximate surface area is 166 Å². The van der Waals surface area contributed by atoms with Crippen molar-refractivity contribution in [1.29, 1.82) is 0 Å². The predicted molar refractivity (Wildman–Crippen MR) is 100 cm³/mol. The number of ether oxygens (including phenoxy) is 2. The van der Waals surface area contributed by atoms with Crippen molar-refractivity contribution >= 4 is 11.6 Å². The van der Waals surface area contributed by atoms with Crippen LogP contribution >= 0.6 is 0 Å². The van der Waals surface area contributed by atoms with E-state index in [0.29, 0.717) is 25.0 Å². The van der Waals surface area contributed by atoms with Gasteiger partial charge in [-0.05, 0) is 11.8 Å². The zero-order valence-corrected chi connectivity index (χ0v) is 19.1. The van der Waals surface area contributed by atoms with Gasteiger partial charge in [0.25, 0.3) is 0 Å². The molecule has 0 unspecified atom stereocenters. The van der Waals surface area contributed by atoms with Crippen LogP contribution in [-0.4, -0.2) is 38.0 Å². The summed E-state index contributed by atoms with van der Waals surface area (Å²) in [5.41, 5.74) is -0.534. The summed E-state index contributed by atoms with van der Waals surface area (Å²) in [6, 6.07) is 0. The summed E-state index contributed by atoms with van der Waals surface area (Å²) in [6.07, 6.45) is 0. The van der Waals surface area contributed by atoms with E-state index in [1.807, 2.05) is 41.5 Å². The van der Waals surface area contributed by atoms with Crippen LogP contribution in [0.25, 0.3) is 0 Å². The minimum Gasteiger partial charge on any atom is -0.373 e. The average Bonchev–Trinajstić information content (AvgIpc) is 2.36. The van der Waals surface area contributed by atoms with Crippen LogP contribution in [0, 0.1) is 22.7 Å². The van der Waals surface area contributed by atoms with E-state index in [-0.39, 0.29) is 52.7 Å². The molecule has 0 amide bonds. The third-order valence-corrected chi connectivity index (χ3v) is 3.04. The Balaban J connectivity index is -0.000000372. The summed E-state index contributed by atoms with van der Waals surface area (Å²) >= 11 is 0. The number of hydrogen-bond acceptors (Lipinski definition) is 4. The van der Waals surface area contributed by atoms with Gasteiger partial charge >= 0.3 is 0 Å². The van der Waals surface area contributed by atoms with Gasteiger partial charge in [0.2, 0.25) is 0 Å². The van der Waals surface area contributed by atoms with Crippen molar-refractivity contribution < 1.29 is 36.1 Å². The van der Waals surface area contributed by atoms with E-state index in [1.165, 1.54) is 0 Å². The van der Waals surface area contributed by atoms with Crippen LogP contribution in [0.3, 0.4) is 0 Å². The first-order chi connectivity index (χ1) is 10.7. The molecule has 0 radical (unpaired) electrons. The molecule has 5 heteroatoms. The van der Waals surface area contributed by atoms with Gasteiger partial charge in [-0.3, -0.25) is 9.59 Å². The maximum atomic E-state index is 11.3. The summed E-state index contributed by atoms with van der Waals surface area (Å²) < 4.78 is 10.5. The normalized spacial score (nSPS) is 11.7. The minimum atomic E-state index is -0.267. The van der Waals surface area contributed by atoms with Crippen LogP contribution in [-0.2, 0) is 36.1 Å². The molecule has 0 saturated heterocycles. The van der Waals surface area contributed by atoms with Gasteiger partial charge in [-0.1, -0.05) is 69.2 Å². The van der Waals surface area contributed by atoms with Crippen LogP contribution in [0.15, 0.2) is 0 Å². The van der Waals surface area contributed by atoms with Crippen molar-refractivity contribution in [2.75, 3.05) is 26.4 Å². The van der Waals surface area contributed by atoms with Gasteiger partial charge in [-0.15, -0.1) is 0 Å². The standard InChI is InChI=1S/2C10H20O2.Fe/c2*1-8(2)6-12-7-9(11)10(3,4)5;/h2*8H,6-7H2,1-5H3;. The van der Waals surface area contributed by atoms with Crippen molar-refractivity contribution in [3.8, 4) is 0 Å². The maximum absolute atomic E-state index is 11.3. The van der Waals surface area contributed by atoms with Crippen molar-refractivity contribution in [3.05, 3.63) is 0 Å². The van der Waals surface area contributed by atoms with Gasteiger partial charge in [0.05, 0.1) is 0 Å². The SMILES string of the molecule is CC(C)COCC(=O)C(C)(C)C.CC(C)COCC(=O)C(C)(C)C.[Fe]. The van der Waals surface area contributed by atoms with E-state index in [2.05, 4.69) is 27.7 Å². The molecule has 0 saturated carbocycles. The largest absolute Gasteiger partial charge is 0.373 e. The van der Waals surface area contributed by atoms with Crippen molar-refractivity contribution in [2.45, 2.75) is 69.2 Å². The van der Waals surface area contributed by atoms with Crippen LogP contribution in [0.2, 0.25) is 0 Å². The van der Waals surface area contributed by atoms with Crippen molar-refractivity contribution in [3.63, 3.8) is 0 Å². The molecule has 4 nitrogen and oxygen atoms in total. The Hall–Kier alpha value is -0.221. The Kier molecular flexibility index (Phi) is 16.4. The summed E-state index contributed by atoms with van der Waals surface area (Å²) in [4.78, 5) is 22.6. The molecule has 0 aromatic carbocycles. The smallest absolute Gasteiger partial charge is 0.163 e. The van der Waals surface area contributed by atoms with E-state index in [1.54, 1.807) is 0 Å². The summed E-state index contributed by atoms with van der Waals surface area (Å²) in [6.45, 7) is 21.6. The second kappa shape index (κ2) is 13.9. The number of carbonyl (C=O) groups excluding carboxylic acids is 2. The number of hydrogen-bond donors (Lipinski definition) is 0. The summed E-state index contributed by atoms with van der Waals surface area (Å²) in [5, 5.41) is 0. The number of rotatable bonds is 8. The van der Waals surface area contributed by atoms with Crippen LogP contribution in [0.1, 0.15) is 69.2 Å². The molecule has 0 aromatic rings. The number of Topliss-reactive ketones (excluding diaryl/α,β-unsaturated/α-hetero) is 2. The number of ketones is 2. The molecule has 25 heavy (non-hydrogen) atoms. The van der Waals surface area contributed by atoms with Crippen LogP contribution in [0.5, 0.6) is 0 Å². The molecule has 0 aliphatic rings. The van der Waals surface area contributed by atoms with Crippen molar-refractivity contribution in [2.24, 2.45) is 22.7 Å². The molecule has 0 aliphatic carbocycles. The molecular formula is C20H40FeO4. The van der Waals surface area contributed by atoms with E-state index in [4.69, 9.17) is 9.47 Å². The first kappa shape index (κ1) is 29.5. The molecule has 0 fully saturated rings. The summed E-state index contributed by atoms with van der Waals surface area (Å²) in [5.74, 6) is 1.34. The topological polar surface area (TPSA) is 52.6 Å². The Morgan fingerprint density at radius 2 is 0.920 bits per heavy atom. The molecule has 0 N–H and O–H groups in total. The second-order valence-electron chi connectivity index (χ2n) is 9.16. The van der Waals surface area contributed by atoms with Crippen LogP contribution in [0.4, 0.5) is 0 Å². The molecule has 0 heterocycles. The molecule has 0 atom stereocenters. The third kappa shape index (κ3) is 19.9. The van der Waals surface area contributed by atoms with Crippen molar-refractivity contribution in [1.82, 2.24) is 0 Å². The van der Waals surface area contributed by atoms with Gasteiger partial charge < -0.3 is 9.47 Å². The summed E-state index contributed by atoms with van der Waals surface area (Å²) in [7, 11) is 0. The molecular weight excluding hydrogens is 360 g/mol. The predicted octanol–water partition coefficient (Wildman–Crippen LogP) is 4.55. The maximum Gasteiger partial charge on any atom is 0.163 e. The first-order valence-corrected chi connectivity index (χ1v) is 8.90. The Morgan fingerprint density at radius 1 is 0.680 bits per heavy atom. The average molecular weight is 400 g/mol. The number of carbonyl (C=O) groups is 2. The molecule has 0 spiro atoms. The Bertz CT molecular complexity index is 327. The van der Waals surface area contributed by atoms with Crippen LogP contribution < -0.4 is 0 Å².